The SMILES string of the molecule is CC1(C)Cc2cccc(OCC(=O)Nc3ccc(N4CCOCC4)nc3)c2O1. The summed E-state index contributed by atoms with van der Waals surface area (Å²) in [6.07, 6.45) is 2.49. The van der Waals surface area contributed by atoms with Crippen molar-refractivity contribution in [3.63, 3.8) is 0 Å². The van der Waals surface area contributed by atoms with Crippen LogP contribution in [-0.4, -0.2) is 49.4 Å². The van der Waals surface area contributed by atoms with Gasteiger partial charge < -0.3 is 24.4 Å². The van der Waals surface area contributed by atoms with Gasteiger partial charge in [0.1, 0.15) is 11.4 Å². The largest absolute Gasteiger partial charge is 0.483 e. The van der Waals surface area contributed by atoms with Gasteiger partial charge in [0, 0.05) is 25.1 Å². The minimum atomic E-state index is -0.252. The molecule has 0 aliphatic carbocycles. The maximum Gasteiger partial charge on any atom is 0.262 e. The minimum absolute atomic E-state index is 0.0918. The maximum absolute atomic E-state index is 12.3. The Morgan fingerprint density at radius 1 is 1.25 bits per heavy atom. The summed E-state index contributed by atoms with van der Waals surface area (Å²) in [6.45, 7) is 7.06. The van der Waals surface area contributed by atoms with Gasteiger partial charge in [-0.2, -0.15) is 0 Å². The van der Waals surface area contributed by atoms with E-state index in [9.17, 15) is 4.79 Å². The van der Waals surface area contributed by atoms with Crippen molar-refractivity contribution >= 4 is 17.4 Å². The van der Waals surface area contributed by atoms with Gasteiger partial charge in [0.15, 0.2) is 18.1 Å². The van der Waals surface area contributed by atoms with E-state index >= 15 is 0 Å². The van der Waals surface area contributed by atoms with Crippen LogP contribution in [-0.2, 0) is 16.0 Å². The second-order valence-electron chi connectivity index (χ2n) is 7.62. The van der Waals surface area contributed by atoms with E-state index in [4.69, 9.17) is 14.2 Å². The Labute approximate surface area is 164 Å². The summed E-state index contributed by atoms with van der Waals surface area (Å²) in [5, 5.41) is 2.82. The number of carbonyl (C=O) groups is 1. The number of nitrogens with one attached hydrogen (secondary N) is 1. The number of anilines is 2. The molecule has 1 N–H and O–H groups in total. The monoisotopic (exact) mass is 383 g/mol. The van der Waals surface area contributed by atoms with Crippen LogP contribution >= 0.6 is 0 Å². The van der Waals surface area contributed by atoms with E-state index in [1.54, 1.807) is 6.20 Å². The second kappa shape index (κ2) is 7.67. The molecule has 0 radical (unpaired) electrons. The molecule has 4 rings (SSSR count). The third-order valence-electron chi connectivity index (χ3n) is 4.78. The third-order valence-corrected chi connectivity index (χ3v) is 4.78. The van der Waals surface area contributed by atoms with Gasteiger partial charge in [-0.1, -0.05) is 12.1 Å². The number of para-hydroxylation sites is 1. The van der Waals surface area contributed by atoms with Crippen LogP contribution in [0.25, 0.3) is 0 Å². The zero-order chi connectivity index (χ0) is 19.6. The van der Waals surface area contributed by atoms with E-state index in [1.807, 2.05) is 44.2 Å². The van der Waals surface area contributed by atoms with Crippen molar-refractivity contribution in [2.75, 3.05) is 43.1 Å². The normalized spacial score (nSPS) is 17.6. The number of pyridine rings is 1. The van der Waals surface area contributed by atoms with Crippen LogP contribution in [0.5, 0.6) is 11.5 Å². The van der Waals surface area contributed by atoms with Crippen molar-refractivity contribution in [1.29, 1.82) is 0 Å². The van der Waals surface area contributed by atoms with Gasteiger partial charge in [-0.15, -0.1) is 0 Å². The van der Waals surface area contributed by atoms with Gasteiger partial charge in [-0.05, 0) is 32.0 Å². The molecule has 1 aromatic heterocycles. The Kier molecular flexibility index (Phi) is 5.09. The van der Waals surface area contributed by atoms with Crippen molar-refractivity contribution in [2.45, 2.75) is 25.9 Å². The van der Waals surface area contributed by atoms with E-state index in [-0.39, 0.29) is 18.1 Å². The number of ether oxygens (including phenoxy) is 3. The summed E-state index contributed by atoms with van der Waals surface area (Å²) in [5.74, 6) is 1.98. The topological polar surface area (TPSA) is 72.9 Å². The van der Waals surface area contributed by atoms with Gasteiger partial charge in [0.2, 0.25) is 0 Å². The average molecular weight is 383 g/mol. The number of hydrogen-bond donors (Lipinski definition) is 1. The van der Waals surface area contributed by atoms with Crippen LogP contribution in [0.2, 0.25) is 0 Å². The highest BCUT2D eigenvalue weighted by molar-refractivity contribution is 5.91. The molecular weight excluding hydrogens is 358 g/mol. The van der Waals surface area contributed by atoms with E-state index < -0.39 is 0 Å². The number of benzene rings is 1. The molecule has 148 valence electrons. The van der Waals surface area contributed by atoms with Crippen LogP contribution < -0.4 is 19.7 Å². The highest BCUT2D eigenvalue weighted by Gasteiger charge is 2.32. The number of aromatic nitrogens is 1. The first-order chi connectivity index (χ1) is 13.5. The quantitative estimate of drug-likeness (QED) is 0.856. The third kappa shape index (κ3) is 4.20. The molecule has 1 saturated heterocycles. The Bertz CT molecular complexity index is 845. The van der Waals surface area contributed by atoms with Crippen molar-refractivity contribution in [3.8, 4) is 11.5 Å². The number of fused-ring (bicyclic) bond motifs is 1. The molecule has 7 heteroatoms. The van der Waals surface area contributed by atoms with Gasteiger partial charge in [0.05, 0.1) is 25.1 Å². The van der Waals surface area contributed by atoms with E-state index in [2.05, 4.69) is 15.2 Å². The first-order valence-corrected chi connectivity index (χ1v) is 9.52. The van der Waals surface area contributed by atoms with Gasteiger partial charge >= 0.3 is 0 Å². The Hall–Kier alpha value is -2.80. The molecule has 2 aliphatic rings. The standard InChI is InChI=1S/C21H25N3O4/c1-21(2)12-15-4-3-5-17(20(15)28-21)27-14-19(25)23-16-6-7-18(22-13-16)24-8-10-26-11-9-24/h3-7,13H,8-12,14H2,1-2H3,(H,23,25). The molecule has 2 aliphatic heterocycles. The molecule has 0 spiro atoms. The predicted octanol–water partition coefficient (Wildman–Crippen LogP) is 2.65. The molecule has 0 saturated carbocycles. The molecule has 1 fully saturated rings. The summed E-state index contributed by atoms with van der Waals surface area (Å²) in [6, 6.07) is 9.53. The summed E-state index contributed by atoms with van der Waals surface area (Å²) in [4.78, 5) is 18.9. The summed E-state index contributed by atoms with van der Waals surface area (Å²) in [7, 11) is 0. The lowest BCUT2D eigenvalue weighted by atomic mass is 10.0. The number of morpholine rings is 1. The molecule has 0 bridgehead atoms. The van der Waals surface area contributed by atoms with Crippen LogP contribution in [0, 0.1) is 0 Å². The fourth-order valence-corrected chi connectivity index (χ4v) is 3.48. The van der Waals surface area contributed by atoms with Crippen molar-refractivity contribution in [1.82, 2.24) is 4.98 Å². The fourth-order valence-electron chi connectivity index (χ4n) is 3.48. The molecule has 0 atom stereocenters. The van der Waals surface area contributed by atoms with Crippen LogP contribution in [0.3, 0.4) is 0 Å². The molecule has 28 heavy (non-hydrogen) atoms. The van der Waals surface area contributed by atoms with Crippen molar-refractivity contribution in [2.24, 2.45) is 0 Å². The van der Waals surface area contributed by atoms with Crippen LogP contribution in [0.1, 0.15) is 19.4 Å². The predicted molar refractivity (Wildman–Crippen MR) is 106 cm³/mol. The number of hydrogen-bond acceptors (Lipinski definition) is 6. The van der Waals surface area contributed by atoms with Crippen molar-refractivity contribution < 1.29 is 19.0 Å². The Morgan fingerprint density at radius 3 is 2.82 bits per heavy atom. The number of amides is 1. The summed E-state index contributed by atoms with van der Waals surface area (Å²) >= 11 is 0. The molecule has 0 unspecified atom stereocenters. The first kappa shape index (κ1) is 18.6. The fraction of sp³-hybridized carbons (Fsp3) is 0.429. The summed E-state index contributed by atoms with van der Waals surface area (Å²) in [5.41, 5.74) is 1.49. The Balaban J connectivity index is 1.33. The molecule has 1 amide bonds. The molecule has 7 nitrogen and oxygen atoms in total. The molecule has 2 aromatic rings. The van der Waals surface area contributed by atoms with Crippen LogP contribution in [0.4, 0.5) is 11.5 Å². The van der Waals surface area contributed by atoms with Crippen molar-refractivity contribution in [3.05, 3.63) is 42.1 Å². The van der Waals surface area contributed by atoms with E-state index in [1.165, 1.54) is 0 Å². The average Bonchev–Trinajstić information content (AvgIpc) is 3.02. The zero-order valence-electron chi connectivity index (χ0n) is 16.2. The number of nitrogens with zero attached hydrogens (tertiary/aromatic N) is 2. The smallest absolute Gasteiger partial charge is 0.262 e. The first-order valence-electron chi connectivity index (χ1n) is 9.52. The minimum Gasteiger partial charge on any atom is -0.483 e. The molecule has 3 heterocycles. The highest BCUT2D eigenvalue weighted by atomic mass is 16.5. The number of rotatable bonds is 5. The van der Waals surface area contributed by atoms with E-state index in [0.29, 0.717) is 24.7 Å². The molecule has 1 aromatic carbocycles. The van der Waals surface area contributed by atoms with Gasteiger partial charge in [0.25, 0.3) is 5.91 Å². The maximum atomic E-state index is 12.3. The lowest BCUT2D eigenvalue weighted by Crippen LogP contribution is -2.36. The Morgan fingerprint density at radius 2 is 2.07 bits per heavy atom. The second-order valence-corrected chi connectivity index (χ2v) is 7.62. The van der Waals surface area contributed by atoms with Gasteiger partial charge in [-0.3, -0.25) is 4.79 Å². The van der Waals surface area contributed by atoms with Gasteiger partial charge in [-0.25, -0.2) is 4.98 Å². The highest BCUT2D eigenvalue weighted by Crippen LogP contribution is 2.41. The number of carbonyl (C=O) groups excluding carboxylic acids is 1. The zero-order valence-corrected chi connectivity index (χ0v) is 16.2. The lowest BCUT2D eigenvalue weighted by molar-refractivity contribution is -0.118. The van der Waals surface area contributed by atoms with Crippen LogP contribution in [0.15, 0.2) is 36.5 Å². The lowest BCUT2D eigenvalue weighted by Gasteiger charge is -2.27. The molecular formula is C21H25N3O4. The van der Waals surface area contributed by atoms with E-state index in [0.717, 1.165) is 36.6 Å². The summed E-state index contributed by atoms with van der Waals surface area (Å²) < 4.78 is 17.0.